The number of carbonyl (C=O) groups is 3. The van der Waals surface area contributed by atoms with Gasteiger partial charge in [-0.3, -0.25) is 9.59 Å². The maximum absolute atomic E-state index is 12.3. The van der Waals surface area contributed by atoms with Gasteiger partial charge in [0.15, 0.2) is 0 Å². The largest absolute Gasteiger partial charge is 0.465 e. The maximum Gasteiger partial charge on any atom is 0.319 e. The van der Waals surface area contributed by atoms with Crippen molar-refractivity contribution in [3.8, 4) is 0 Å². The third kappa shape index (κ3) is 3.40. The minimum atomic E-state index is -1.06. The second-order valence-corrected chi connectivity index (χ2v) is 4.85. The number of carbonyl (C=O) groups excluding carboxylic acids is 3. The average molecular weight is 254 g/mol. The Kier molecular flexibility index (Phi) is 6.02. The van der Waals surface area contributed by atoms with E-state index in [-0.39, 0.29) is 18.8 Å². The van der Waals surface area contributed by atoms with E-state index in [1.165, 1.54) is 0 Å². The zero-order valence-corrected chi connectivity index (χ0v) is 11.1. The molecule has 1 aliphatic carbocycles. The van der Waals surface area contributed by atoms with Crippen molar-refractivity contribution in [1.82, 2.24) is 0 Å². The van der Waals surface area contributed by atoms with Gasteiger partial charge in [0.25, 0.3) is 0 Å². The predicted molar refractivity (Wildman–Crippen MR) is 67.1 cm³/mol. The van der Waals surface area contributed by atoms with Crippen molar-refractivity contribution in [2.75, 3.05) is 6.61 Å². The van der Waals surface area contributed by atoms with E-state index in [0.29, 0.717) is 19.3 Å². The van der Waals surface area contributed by atoms with Crippen LogP contribution < -0.4 is 0 Å². The number of hydrogen-bond acceptors (Lipinski definition) is 4. The summed E-state index contributed by atoms with van der Waals surface area (Å²) in [7, 11) is 0. The molecule has 0 heterocycles. The van der Waals surface area contributed by atoms with E-state index in [1.54, 1.807) is 6.92 Å². The van der Waals surface area contributed by atoms with Gasteiger partial charge in [0.05, 0.1) is 6.61 Å². The number of ether oxygens (including phenoxy) is 1. The van der Waals surface area contributed by atoms with E-state index in [1.807, 2.05) is 0 Å². The van der Waals surface area contributed by atoms with Crippen LogP contribution in [0.1, 0.15) is 58.3 Å². The van der Waals surface area contributed by atoms with E-state index in [4.69, 9.17) is 4.74 Å². The Morgan fingerprint density at radius 2 is 2.06 bits per heavy atom. The molecule has 0 saturated heterocycles. The lowest BCUT2D eigenvalue weighted by atomic mass is 9.72. The van der Waals surface area contributed by atoms with E-state index in [9.17, 15) is 14.4 Å². The van der Waals surface area contributed by atoms with Crippen molar-refractivity contribution >= 4 is 18.0 Å². The first-order valence-electron chi connectivity index (χ1n) is 6.81. The van der Waals surface area contributed by atoms with Gasteiger partial charge in [-0.1, -0.05) is 19.3 Å². The minimum absolute atomic E-state index is 0.0394. The number of Topliss-reactive ketones (excluding diaryl/α,β-unsaturated/α-hetero) is 1. The highest BCUT2D eigenvalue weighted by molar-refractivity contribution is 6.04. The zero-order valence-electron chi connectivity index (χ0n) is 11.1. The SMILES string of the molecule is CCOC(=O)C1(CCC=O)CCCCCCC1=O. The quantitative estimate of drug-likeness (QED) is 0.429. The van der Waals surface area contributed by atoms with Gasteiger partial charge in [-0.25, -0.2) is 0 Å². The number of esters is 1. The molecule has 0 N–H and O–H groups in total. The van der Waals surface area contributed by atoms with Crippen molar-refractivity contribution < 1.29 is 19.1 Å². The van der Waals surface area contributed by atoms with Crippen LogP contribution in [0, 0.1) is 5.41 Å². The van der Waals surface area contributed by atoms with Gasteiger partial charge in [0, 0.05) is 12.8 Å². The summed E-state index contributed by atoms with van der Waals surface area (Å²) >= 11 is 0. The first-order valence-corrected chi connectivity index (χ1v) is 6.81. The van der Waals surface area contributed by atoms with Crippen LogP contribution in [0.4, 0.5) is 0 Å². The molecular weight excluding hydrogens is 232 g/mol. The Morgan fingerprint density at radius 3 is 2.72 bits per heavy atom. The first kappa shape index (κ1) is 14.9. The Balaban J connectivity index is 2.92. The van der Waals surface area contributed by atoms with Gasteiger partial charge in [-0.15, -0.1) is 0 Å². The van der Waals surface area contributed by atoms with Gasteiger partial charge < -0.3 is 9.53 Å². The standard InChI is InChI=1S/C14H22O4/c1-2-18-13(17)14(10-7-11-15)9-6-4-3-5-8-12(14)16/h11H,2-10H2,1H3. The normalized spacial score (nSPS) is 25.1. The Labute approximate surface area is 108 Å². The van der Waals surface area contributed by atoms with Gasteiger partial charge in [-0.05, 0) is 26.2 Å². The van der Waals surface area contributed by atoms with E-state index in [2.05, 4.69) is 0 Å². The molecule has 0 aromatic carbocycles. The highest BCUT2D eigenvalue weighted by Gasteiger charge is 2.45. The lowest BCUT2D eigenvalue weighted by Gasteiger charge is -2.31. The van der Waals surface area contributed by atoms with Crippen LogP contribution in [-0.2, 0) is 19.1 Å². The molecule has 1 unspecified atom stereocenters. The molecule has 1 aliphatic rings. The molecule has 1 fully saturated rings. The molecule has 102 valence electrons. The lowest BCUT2D eigenvalue weighted by molar-refractivity contribution is -0.162. The highest BCUT2D eigenvalue weighted by atomic mass is 16.5. The molecule has 4 nitrogen and oxygen atoms in total. The van der Waals surface area contributed by atoms with Crippen LogP contribution in [0.3, 0.4) is 0 Å². The Morgan fingerprint density at radius 1 is 1.33 bits per heavy atom. The Hall–Kier alpha value is -1.19. The molecule has 1 rings (SSSR count). The molecule has 0 bridgehead atoms. The van der Waals surface area contributed by atoms with Crippen molar-refractivity contribution in [1.29, 1.82) is 0 Å². The average Bonchev–Trinajstić information content (AvgIpc) is 2.34. The molecule has 1 saturated carbocycles. The second-order valence-electron chi connectivity index (χ2n) is 4.85. The number of ketones is 1. The monoisotopic (exact) mass is 254 g/mol. The van der Waals surface area contributed by atoms with Crippen molar-refractivity contribution in [3.05, 3.63) is 0 Å². The topological polar surface area (TPSA) is 60.4 Å². The molecule has 0 spiro atoms. The van der Waals surface area contributed by atoms with Gasteiger partial charge in [-0.2, -0.15) is 0 Å². The fraction of sp³-hybridized carbons (Fsp3) is 0.786. The molecule has 0 radical (unpaired) electrons. The van der Waals surface area contributed by atoms with Gasteiger partial charge in [0.1, 0.15) is 17.5 Å². The van der Waals surface area contributed by atoms with E-state index in [0.717, 1.165) is 32.0 Å². The highest BCUT2D eigenvalue weighted by Crippen LogP contribution is 2.36. The van der Waals surface area contributed by atoms with Crippen LogP contribution in [-0.4, -0.2) is 24.6 Å². The summed E-state index contributed by atoms with van der Waals surface area (Å²) in [4.78, 5) is 35.0. The predicted octanol–water partition coefficient (Wildman–Crippen LogP) is 2.44. The number of aldehydes is 1. The molecule has 4 heteroatoms. The lowest BCUT2D eigenvalue weighted by Crippen LogP contribution is -2.41. The van der Waals surface area contributed by atoms with Gasteiger partial charge in [0.2, 0.25) is 0 Å². The van der Waals surface area contributed by atoms with E-state index >= 15 is 0 Å². The molecule has 0 aromatic heterocycles. The summed E-state index contributed by atoms with van der Waals surface area (Å²) in [5.74, 6) is -0.471. The summed E-state index contributed by atoms with van der Waals surface area (Å²) < 4.78 is 5.07. The van der Waals surface area contributed by atoms with Crippen molar-refractivity contribution in [2.24, 2.45) is 5.41 Å². The summed E-state index contributed by atoms with van der Waals surface area (Å²) in [5, 5.41) is 0. The fourth-order valence-electron chi connectivity index (χ4n) is 2.60. The number of hydrogen-bond donors (Lipinski definition) is 0. The second kappa shape index (κ2) is 7.29. The number of rotatable bonds is 5. The van der Waals surface area contributed by atoms with Gasteiger partial charge >= 0.3 is 5.97 Å². The third-order valence-electron chi connectivity index (χ3n) is 3.65. The van der Waals surface area contributed by atoms with Crippen LogP contribution >= 0.6 is 0 Å². The first-order chi connectivity index (χ1) is 8.67. The zero-order chi connectivity index (χ0) is 13.4. The summed E-state index contributed by atoms with van der Waals surface area (Å²) in [6.07, 6.45) is 6.03. The maximum atomic E-state index is 12.3. The third-order valence-corrected chi connectivity index (χ3v) is 3.65. The molecular formula is C14H22O4. The summed E-state index contributed by atoms with van der Waals surface area (Å²) in [5.41, 5.74) is -1.06. The minimum Gasteiger partial charge on any atom is -0.465 e. The van der Waals surface area contributed by atoms with E-state index < -0.39 is 11.4 Å². The molecule has 0 amide bonds. The van der Waals surface area contributed by atoms with Crippen LogP contribution in [0.5, 0.6) is 0 Å². The van der Waals surface area contributed by atoms with Crippen molar-refractivity contribution in [3.63, 3.8) is 0 Å². The molecule has 0 aromatic rings. The Bertz CT molecular complexity index is 301. The molecule has 0 aliphatic heterocycles. The molecule has 1 atom stereocenters. The summed E-state index contributed by atoms with van der Waals surface area (Å²) in [6, 6.07) is 0. The van der Waals surface area contributed by atoms with Crippen LogP contribution in [0.15, 0.2) is 0 Å². The summed E-state index contributed by atoms with van der Waals surface area (Å²) in [6.45, 7) is 2.01. The van der Waals surface area contributed by atoms with Crippen LogP contribution in [0.2, 0.25) is 0 Å². The molecule has 18 heavy (non-hydrogen) atoms. The smallest absolute Gasteiger partial charge is 0.319 e. The van der Waals surface area contributed by atoms with Crippen molar-refractivity contribution in [2.45, 2.75) is 58.3 Å². The fourth-order valence-corrected chi connectivity index (χ4v) is 2.60. The van der Waals surface area contributed by atoms with Crippen LogP contribution in [0.25, 0.3) is 0 Å².